The first-order valence-electron chi connectivity index (χ1n) is 6.29. The lowest BCUT2D eigenvalue weighted by atomic mass is 10.1. The van der Waals surface area contributed by atoms with Gasteiger partial charge >= 0.3 is 0 Å². The van der Waals surface area contributed by atoms with Gasteiger partial charge in [-0.1, -0.05) is 0 Å². The summed E-state index contributed by atoms with van der Waals surface area (Å²) in [5, 5.41) is 20.4. The summed E-state index contributed by atoms with van der Waals surface area (Å²) in [6.07, 6.45) is 0.197. The van der Waals surface area contributed by atoms with Crippen LogP contribution in [0.5, 0.6) is 0 Å². The predicted molar refractivity (Wildman–Crippen MR) is 74.9 cm³/mol. The molecule has 1 saturated heterocycles. The van der Waals surface area contributed by atoms with Crippen LogP contribution < -0.4 is 11.3 Å². The van der Waals surface area contributed by atoms with Crippen molar-refractivity contribution in [2.24, 2.45) is 5.84 Å². The zero-order chi connectivity index (χ0) is 15.6. The van der Waals surface area contributed by atoms with E-state index in [4.69, 9.17) is 5.84 Å². The lowest BCUT2D eigenvalue weighted by molar-refractivity contribution is -0.384. The lowest BCUT2D eigenvalue weighted by Gasteiger charge is -2.28. The van der Waals surface area contributed by atoms with Crippen molar-refractivity contribution in [2.45, 2.75) is 23.8 Å². The smallest absolute Gasteiger partial charge is 0.294 e. The highest BCUT2D eigenvalue weighted by Gasteiger charge is 2.30. The summed E-state index contributed by atoms with van der Waals surface area (Å²) in [6.45, 7) is 0.377. The number of nitrogens with two attached hydrogens (primary N) is 1. The van der Waals surface area contributed by atoms with Gasteiger partial charge in [-0.25, -0.2) is 8.42 Å². The average Bonchev–Trinajstić information content (AvgIpc) is 2.46. The average molecular weight is 316 g/mol. The van der Waals surface area contributed by atoms with E-state index in [1.54, 1.807) is 0 Å². The molecule has 0 atom stereocenters. The summed E-state index contributed by atoms with van der Waals surface area (Å²) < 4.78 is 26.1. The van der Waals surface area contributed by atoms with E-state index in [0.29, 0.717) is 12.8 Å². The van der Waals surface area contributed by atoms with Crippen LogP contribution in [0.4, 0.5) is 11.4 Å². The molecule has 9 nitrogen and oxygen atoms in total. The molecule has 2 rings (SSSR count). The quantitative estimate of drug-likeness (QED) is 0.404. The minimum absolute atomic E-state index is 0.0352. The summed E-state index contributed by atoms with van der Waals surface area (Å²) >= 11 is 0. The summed E-state index contributed by atoms with van der Waals surface area (Å²) in [6, 6.07) is 3.50. The van der Waals surface area contributed by atoms with Gasteiger partial charge < -0.3 is 10.5 Å². The number of benzene rings is 1. The minimum atomic E-state index is -3.82. The van der Waals surface area contributed by atoms with Crippen molar-refractivity contribution in [1.29, 1.82) is 0 Å². The van der Waals surface area contributed by atoms with Crippen LogP contribution in [0, 0.1) is 10.1 Å². The number of nitrogens with one attached hydrogen (secondary N) is 1. The normalized spacial score (nSPS) is 17.6. The Morgan fingerprint density at radius 3 is 2.52 bits per heavy atom. The molecule has 1 aliphatic rings. The Bertz CT molecular complexity index is 640. The molecule has 0 bridgehead atoms. The number of sulfonamides is 1. The number of rotatable bonds is 4. The maximum atomic E-state index is 12.4. The van der Waals surface area contributed by atoms with Crippen molar-refractivity contribution < 1.29 is 18.4 Å². The van der Waals surface area contributed by atoms with Crippen LogP contribution in [-0.4, -0.2) is 41.9 Å². The van der Waals surface area contributed by atoms with E-state index in [1.165, 1.54) is 16.4 Å². The summed E-state index contributed by atoms with van der Waals surface area (Å²) in [5.41, 5.74) is 1.79. The first-order valence-corrected chi connectivity index (χ1v) is 7.73. The molecular weight excluding hydrogens is 300 g/mol. The predicted octanol–water partition coefficient (Wildman–Crippen LogP) is 0.0258. The lowest BCUT2D eigenvalue weighted by Crippen LogP contribution is -2.40. The van der Waals surface area contributed by atoms with E-state index in [0.717, 1.165) is 6.07 Å². The number of hydrogen-bond acceptors (Lipinski definition) is 7. The molecule has 10 heteroatoms. The van der Waals surface area contributed by atoms with Gasteiger partial charge in [-0.3, -0.25) is 16.0 Å². The van der Waals surface area contributed by atoms with Crippen LogP contribution >= 0.6 is 0 Å². The van der Waals surface area contributed by atoms with E-state index < -0.39 is 26.7 Å². The van der Waals surface area contributed by atoms with Crippen LogP contribution in [0.1, 0.15) is 12.8 Å². The maximum absolute atomic E-state index is 12.4. The number of hydrogen-bond donors (Lipinski definition) is 3. The van der Waals surface area contributed by atoms with Crippen molar-refractivity contribution in [3.05, 3.63) is 28.3 Å². The fourth-order valence-corrected chi connectivity index (χ4v) is 3.67. The van der Waals surface area contributed by atoms with Crippen molar-refractivity contribution in [3.8, 4) is 0 Å². The number of piperidine rings is 1. The van der Waals surface area contributed by atoms with E-state index in [1.807, 2.05) is 0 Å². The molecule has 0 spiro atoms. The maximum Gasteiger partial charge on any atom is 0.294 e. The molecule has 1 aliphatic heterocycles. The molecule has 0 unspecified atom stereocenters. The zero-order valence-corrected chi connectivity index (χ0v) is 11.9. The molecule has 1 heterocycles. The zero-order valence-electron chi connectivity index (χ0n) is 11.1. The van der Waals surface area contributed by atoms with Crippen LogP contribution in [0.15, 0.2) is 23.1 Å². The molecule has 1 aromatic rings. The molecule has 4 N–H and O–H groups in total. The fraction of sp³-hybridized carbons (Fsp3) is 0.455. The first kappa shape index (κ1) is 15.6. The Hall–Kier alpha value is -1.75. The monoisotopic (exact) mass is 316 g/mol. The summed E-state index contributed by atoms with van der Waals surface area (Å²) in [5.74, 6) is 5.16. The number of nitrogen functional groups attached to an aromatic ring is 1. The molecule has 0 amide bonds. The Morgan fingerprint density at radius 2 is 2.00 bits per heavy atom. The second kappa shape index (κ2) is 5.93. The third-order valence-corrected chi connectivity index (χ3v) is 5.28. The van der Waals surface area contributed by atoms with Crippen LogP contribution in [-0.2, 0) is 10.0 Å². The number of nitro groups is 1. The van der Waals surface area contributed by atoms with Gasteiger partial charge in [-0.2, -0.15) is 4.31 Å². The van der Waals surface area contributed by atoms with Crippen molar-refractivity contribution >= 4 is 21.4 Å². The van der Waals surface area contributed by atoms with Gasteiger partial charge in [0.15, 0.2) is 0 Å². The second-order valence-electron chi connectivity index (χ2n) is 4.72. The molecule has 21 heavy (non-hydrogen) atoms. The highest BCUT2D eigenvalue weighted by molar-refractivity contribution is 7.89. The van der Waals surface area contributed by atoms with Crippen molar-refractivity contribution in [3.63, 3.8) is 0 Å². The molecule has 1 fully saturated rings. The first-order chi connectivity index (χ1) is 9.86. The molecule has 0 saturated carbocycles. The molecule has 116 valence electrons. The van der Waals surface area contributed by atoms with Gasteiger partial charge in [-0.05, 0) is 25.0 Å². The third-order valence-electron chi connectivity index (χ3n) is 3.38. The van der Waals surface area contributed by atoms with E-state index in [-0.39, 0.29) is 23.7 Å². The summed E-state index contributed by atoms with van der Waals surface area (Å²) in [4.78, 5) is 10.1. The number of aliphatic hydroxyl groups excluding tert-OH is 1. The van der Waals surface area contributed by atoms with Crippen molar-refractivity contribution in [2.75, 3.05) is 18.5 Å². The third kappa shape index (κ3) is 3.13. The highest BCUT2D eigenvalue weighted by Crippen LogP contribution is 2.29. The summed E-state index contributed by atoms with van der Waals surface area (Å²) in [7, 11) is -3.82. The minimum Gasteiger partial charge on any atom is -0.393 e. The van der Waals surface area contributed by atoms with Gasteiger partial charge in [0, 0.05) is 19.2 Å². The van der Waals surface area contributed by atoms with E-state index in [9.17, 15) is 23.6 Å². The largest absolute Gasteiger partial charge is 0.393 e. The Kier molecular flexibility index (Phi) is 4.42. The van der Waals surface area contributed by atoms with Crippen LogP contribution in [0.2, 0.25) is 0 Å². The number of anilines is 1. The van der Waals surface area contributed by atoms with E-state index in [2.05, 4.69) is 5.43 Å². The molecular formula is C11H16N4O5S. The van der Waals surface area contributed by atoms with Crippen LogP contribution in [0.25, 0.3) is 0 Å². The highest BCUT2D eigenvalue weighted by atomic mass is 32.2. The Labute approximate surface area is 121 Å². The van der Waals surface area contributed by atoms with Gasteiger partial charge in [0.05, 0.1) is 15.9 Å². The van der Waals surface area contributed by atoms with Gasteiger partial charge in [0.2, 0.25) is 10.0 Å². The van der Waals surface area contributed by atoms with E-state index >= 15 is 0 Å². The number of hydrazine groups is 1. The van der Waals surface area contributed by atoms with Gasteiger partial charge in [-0.15, -0.1) is 0 Å². The molecule has 0 radical (unpaired) electrons. The molecule has 0 aromatic heterocycles. The Morgan fingerprint density at radius 1 is 1.38 bits per heavy atom. The van der Waals surface area contributed by atoms with Crippen molar-refractivity contribution in [1.82, 2.24) is 4.31 Å². The standard InChI is InChI=1S/C11H16N4O5S/c12-13-10-2-1-9(7-11(10)15(17)18)21(19,20)14-5-3-8(16)4-6-14/h1-2,7-8,13,16H,3-6,12H2. The van der Waals surface area contributed by atoms with Gasteiger partial charge in [0.25, 0.3) is 5.69 Å². The second-order valence-corrected chi connectivity index (χ2v) is 6.65. The SMILES string of the molecule is NNc1ccc(S(=O)(=O)N2CCC(O)CC2)cc1[N+](=O)[O-]. The molecule has 1 aromatic carbocycles. The fourth-order valence-electron chi connectivity index (χ4n) is 2.18. The molecule has 0 aliphatic carbocycles. The number of aliphatic hydroxyl groups is 1. The number of nitro benzene ring substituents is 1. The van der Waals surface area contributed by atoms with Crippen LogP contribution in [0.3, 0.4) is 0 Å². The topological polar surface area (TPSA) is 139 Å². The Balaban J connectivity index is 2.36. The number of nitrogens with zero attached hydrogens (tertiary/aromatic N) is 2. The van der Waals surface area contributed by atoms with Gasteiger partial charge in [0.1, 0.15) is 5.69 Å².